The van der Waals surface area contributed by atoms with Gasteiger partial charge in [-0.15, -0.1) is 0 Å². The first-order valence-electron chi connectivity index (χ1n) is 13.1. The minimum Gasteiger partial charge on any atom is -0.508 e. The van der Waals surface area contributed by atoms with Gasteiger partial charge in [0.2, 0.25) is 5.91 Å². The summed E-state index contributed by atoms with van der Waals surface area (Å²) in [5.74, 6) is -6.92. The number of rotatable bonds is 13. The molecule has 0 fully saturated rings. The van der Waals surface area contributed by atoms with E-state index in [0.717, 1.165) is 5.56 Å². The standard InChI is InChI=1S/C9H11NO3.C4H8N2O3.C4H9NO3.C3H7NO3.C3H7NO2S.C2H5NO2/c10-8(9(12)13)5-6-1-3-7(11)4-2-6;5-2(4(8)9)1-3(6)7;1-2(6)3(5)4(7)8;4-2(1-5)3(6)7;4-2(1-7)3(5)6;3-1-2(4)5/h1-4,8,11H,5,10H2,(H,12,13);2H,1,5H2,(H2,6,7)(H,8,9);2-3,6H,5H2,1H3,(H,7,8);2,5H,1,4H2,(H,6,7);2,7H,1,4H2,(H,5,6);1,3H2,(H,4,5). The Hall–Kier alpha value is -4.66. The molecule has 0 spiro atoms. The van der Waals surface area contributed by atoms with Crippen molar-refractivity contribution in [1.29, 1.82) is 0 Å². The number of hydrogen-bond acceptors (Lipinski definition) is 17. The monoisotopic (exact) mass is 733 g/mol. The largest absolute Gasteiger partial charge is 0.508 e. The van der Waals surface area contributed by atoms with Crippen molar-refractivity contribution in [2.75, 3.05) is 18.9 Å². The molecule has 0 aliphatic heterocycles. The third-order valence-corrected chi connectivity index (χ3v) is 4.85. The first-order chi connectivity index (χ1) is 22.3. The van der Waals surface area contributed by atoms with Crippen LogP contribution in [0.5, 0.6) is 5.75 Å². The summed E-state index contributed by atoms with van der Waals surface area (Å²) in [5, 5.41) is 73.6. The predicted octanol–water partition coefficient (Wildman–Crippen LogP) is -5.85. The number of aromatic hydroxyl groups is 1. The zero-order valence-electron chi connectivity index (χ0n) is 26.2. The molecule has 49 heavy (non-hydrogen) atoms. The molecule has 284 valence electrons. The minimum absolute atomic E-state index is 0.160. The van der Waals surface area contributed by atoms with Crippen molar-refractivity contribution in [1.82, 2.24) is 0 Å². The molecule has 0 aliphatic carbocycles. The zero-order valence-corrected chi connectivity index (χ0v) is 27.1. The van der Waals surface area contributed by atoms with Gasteiger partial charge < -0.3 is 86.1 Å². The number of amides is 1. The molecule has 23 nitrogen and oxygen atoms in total. The van der Waals surface area contributed by atoms with Gasteiger partial charge in [-0.2, -0.15) is 12.6 Å². The fourth-order valence-corrected chi connectivity index (χ4v) is 1.80. The highest BCUT2D eigenvalue weighted by Gasteiger charge is 2.16. The second-order valence-corrected chi connectivity index (χ2v) is 9.25. The van der Waals surface area contributed by atoms with Crippen LogP contribution >= 0.6 is 12.6 Å². The molecule has 0 bridgehead atoms. The van der Waals surface area contributed by atoms with E-state index >= 15 is 0 Å². The maximum atomic E-state index is 10.4. The number of phenolic OH excluding ortho intramolecular Hbond substituents is 1. The van der Waals surface area contributed by atoms with E-state index in [1.807, 2.05) is 0 Å². The molecule has 0 aromatic heterocycles. The molecule has 24 heteroatoms. The van der Waals surface area contributed by atoms with Gasteiger partial charge in [-0.25, -0.2) is 0 Å². The van der Waals surface area contributed by atoms with E-state index in [4.69, 9.17) is 74.6 Å². The van der Waals surface area contributed by atoms with Crippen LogP contribution in [0.2, 0.25) is 0 Å². The van der Waals surface area contributed by atoms with Crippen molar-refractivity contribution in [3.8, 4) is 5.75 Å². The van der Waals surface area contributed by atoms with Crippen LogP contribution < -0.4 is 40.1 Å². The number of aliphatic hydroxyl groups excluding tert-OH is 2. The Labute approximate surface area is 284 Å². The van der Waals surface area contributed by atoms with E-state index in [1.54, 1.807) is 12.1 Å². The summed E-state index contributed by atoms with van der Waals surface area (Å²) < 4.78 is 0. The number of carboxylic acid groups (broad SMARTS) is 6. The predicted molar refractivity (Wildman–Crippen MR) is 173 cm³/mol. The summed E-state index contributed by atoms with van der Waals surface area (Å²) in [6.07, 6.45) is -1.02. The van der Waals surface area contributed by atoms with Crippen molar-refractivity contribution in [2.24, 2.45) is 40.1 Å². The Morgan fingerprint density at radius 3 is 1.20 bits per heavy atom. The minimum atomic E-state index is -1.21. The Morgan fingerprint density at radius 2 is 1.06 bits per heavy atom. The fraction of sp³-hybridized carbons (Fsp3) is 0.480. The van der Waals surface area contributed by atoms with E-state index in [9.17, 15) is 33.6 Å². The van der Waals surface area contributed by atoms with Crippen LogP contribution in [0.1, 0.15) is 18.9 Å². The van der Waals surface area contributed by atoms with Gasteiger partial charge in [-0.3, -0.25) is 33.6 Å². The van der Waals surface area contributed by atoms with Crippen LogP contribution in [0.4, 0.5) is 0 Å². The molecule has 23 N–H and O–H groups in total. The van der Waals surface area contributed by atoms with Gasteiger partial charge in [0, 0.05) is 5.75 Å². The van der Waals surface area contributed by atoms with Gasteiger partial charge in [0.1, 0.15) is 36.0 Å². The van der Waals surface area contributed by atoms with E-state index in [1.165, 1.54) is 19.1 Å². The van der Waals surface area contributed by atoms with E-state index in [-0.39, 0.29) is 30.9 Å². The average molecular weight is 734 g/mol. The molecule has 0 aliphatic rings. The number of carbonyl (C=O) groups is 7. The van der Waals surface area contributed by atoms with Crippen LogP contribution in [0.3, 0.4) is 0 Å². The molecular weight excluding hydrogens is 686 g/mol. The summed E-state index contributed by atoms with van der Waals surface area (Å²) >= 11 is 3.65. The number of phenols is 1. The van der Waals surface area contributed by atoms with Crippen LogP contribution in [-0.4, -0.2) is 143 Å². The Kier molecular flexibility index (Phi) is 35.1. The number of aliphatic carboxylic acids is 6. The quantitative estimate of drug-likeness (QED) is 0.0839. The Morgan fingerprint density at radius 1 is 0.694 bits per heavy atom. The van der Waals surface area contributed by atoms with E-state index in [0.29, 0.717) is 0 Å². The van der Waals surface area contributed by atoms with Crippen LogP contribution in [0.15, 0.2) is 24.3 Å². The van der Waals surface area contributed by atoms with Gasteiger partial charge in [0.25, 0.3) is 0 Å². The number of primary amides is 1. The summed E-state index contributed by atoms with van der Waals surface area (Å²) in [7, 11) is 0. The SMILES string of the molecule is CC(O)C(N)C(=O)O.NC(=O)CC(N)C(=O)O.NC(CO)C(=O)O.NC(CS)C(=O)O.NC(Cc1ccc(O)cc1)C(=O)O.NCC(=O)O. The van der Waals surface area contributed by atoms with Gasteiger partial charge in [0.15, 0.2) is 0 Å². The highest BCUT2D eigenvalue weighted by molar-refractivity contribution is 7.80. The van der Waals surface area contributed by atoms with Gasteiger partial charge >= 0.3 is 35.8 Å². The number of carboxylic acids is 6. The summed E-state index contributed by atoms with van der Waals surface area (Å²) in [6.45, 7) is 0.550. The molecule has 0 saturated heterocycles. The van der Waals surface area contributed by atoms with Gasteiger partial charge in [-0.05, 0) is 31.0 Å². The normalized spacial score (nSPS) is 13.0. The molecular formula is C25H47N7O16S. The molecule has 1 rings (SSSR count). The molecule has 0 radical (unpaired) electrons. The lowest BCUT2D eigenvalue weighted by Gasteiger charge is -2.06. The van der Waals surface area contributed by atoms with Crippen molar-refractivity contribution in [3.05, 3.63) is 29.8 Å². The smallest absolute Gasteiger partial charge is 0.323 e. The molecule has 1 aromatic rings. The summed E-state index contributed by atoms with van der Waals surface area (Å²) in [6, 6.07) is 1.16. The molecule has 1 amide bonds. The first-order valence-corrected chi connectivity index (χ1v) is 13.7. The number of nitrogens with two attached hydrogens (primary N) is 7. The highest BCUT2D eigenvalue weighted by atomic mass is 32.1. The second-order valence-electron chi connectivity index (χ2n) is 8.89. The van der Waals surface area contributed by atoms with Gasteiger partial charge in [0.05, 0.1) is 25.7 Å². The molecule has 0 saturated carbocycles. The Bertz CT molecular complexity index is 1110. The molecule has 0 heterocycles. The second kappa shape index (κ2) is 31.9. The molecule has 1 aromatic carbocycles. The van der Waals surface area contributed by atoms with Crippen LogP contribution in [-0.2, 0) is 40.0 Å². The topological polar surface area (TPSA) is 484 Å². The molecule has 6 atom stereocenters. The third-order valence-electron chi connectivity index (χ3n) is 4.45. The maximum Gasteiger partial charge on any atom is 0.323 e. The average Bonchev–Trinajstić information content (AvgIpc) is 3.01. The van der Waals surface area contributed by atoms with Crippen molar-refractivity contribution in [3.63, 3.8) is 0 Å². The number of thiol groups is 1. The number of hydrogen-bond donors (Lipinski definition) is 17. The van der Waals surface area contributed by atoms with Crippen molar-refractivity contribution in [2.45, 2.75) is 56.1 Å². The van der Waals surface area contributed by atoms with Crippen molar-refractivity contribution >= 4 is 54.4 Å². The maximum absolute atomic E-state index is 10.4. The third kappa shape index (κ3) is 39.4. The summed E-state index contributed by atoms with van der Waals surface area (Å²) in [5.41, 5.74) is 34.9. The van der Waals surface area contributed by atoms with Crippen LogP contribution in [0.25, 0.3) is 0 Å². The van der Waals surface area contributed by atoms with Crippen LogP contribution in [0, 0.1) is 0 Å². The summed E-state index contributed by atoms with van der Waals surface area (Å²) in [4.78, 5) is 68.8. The first kappa shape index (κ1) is 53.8. The van der Waals surface area contributed by atoms with E-state index in [2.05, 4.69) is 24.1 Å². The number of benzene rings is 1. The number of carbonyl (C=O) groups excluding carboxylic acids is 1. The fourth-order valence-electron chi connectivity index (χ4n) is 1.64. The molecule has 6 unspecified atom stereocenters. The number of aliphatic hydroxyl groups is 2. The van der Waals surface area contributed by atoms with E-state index < -0.39 is 84.6 Å². The Balaban J connectivity index is -0.000000163. The highest BCUT2D eigenvalue weighted by Crippen LogP contribution is 2.10. The lowest BCUT2D eigenvalue weighted by Crippen LogP contribution is -2.39. The van der Waals surface area contributed by atoms with Crippen molar-refractivity contribution < 1.29 is 79.5 Å². The lowest BCUT2D eigenvalue weighted by molar-refractivity contribution is -0.141. The lowest BCUT2D eigenvalue weighted by atomic mass is 10.1. The zero-order chi connectivity index (χ0) is 40.0. The van der Waals surface area contributed by atoms with Gasteiger partial charge in [-0.1, -0.05) is 12.1 Å².